The molecule has 19 heavy (non-hydrogen) atoms. The number of anilines is 2. The van der Waals surface area contributed by atoms with Gasteiger partial charge in [-0.25, -0.2) is 4.98 Å². The van der Waals surface area contributed by atoms with Crippen LogP contribution in [0.3, 0.4) is 0 Å². The van der Waals surface area contributed by atoms with E-state index < -0.39 is 0 Å². The fraction of sp³-hybridized carbons (Fsp3) is 0.688. The maximum absolute atomic E-state index is 4.58. The summed E-state index contributed by atoms with van der Waals surface area (Å²) in [6.45, 7) is 10.1. The van der Waals surface area contributed by atoms with Gasteiger partial charge in [-0.15, -0.1) is 0 Å². The summed E-state index contributed by atoms with van der Waals surface area (Å²) in [5.41, 5.74) is 1.51. The molecule has 0 aliphatic carbocycles. The highest BCUT2D eigenvalue weighted by atomic mass is 15.2. The molecule has 3 nitrogen and oxygen atoms in total. The van der Waals surface area contributed by atoms with Gasteiger partial charge in [0.05, 0.1) is 11.9 Å². The summed E-state index contributed by atoms with van der Waals surface area (Å²) in [5.74, 6) is 1.13. The molecule has 0 amide bonds. The van der Waals surface area contributed by atoms with Crippen LogP contribution in [0.5, 0.6) is 0 Å². The van der Waals surface area contributed by atoms with E-state index in [4.69, 9.17) is 0 Å². The molecule has 1 fully saturated rings. The number of hydrogen-bond donors (Lipinski definition) is 1. The molecule has 106 valence electrons. The quantitative estimate of drug-likeness (QED) is 0.890. The van der Waals surface area contributed by atoms with E-state index >= 15 is 0 Å². The van der Waals surface area contributed by atoms with Gasteiger partial charge >= 0.3 is 0 Å². The van der Waals surface area contributed by atoms with Crippen molar-refractivity contribution in [3.8, 4) is 0 Å². The Kier molecular flexibility index (Phi) is 4.67. The second-order valence-corrected chi connectivity index (χ2v) is 6.69. The van der Waals surface area contributed by atoms with Crippen molar-refractivity contribution in [3.63, 3.8) is 0 Å². The maximum Gasteiger partial charge on any atom is 0.128 e. The predicted octanol–water partition coefficient (Wildman–Crippen LogP) is 3.92. The molecule has 1 N–H and O–H groups in total. The van der Waals surface area contributed by atoms with Crippen LogP contribution in [-0.2, 0) is 0 Å². The fourth-order valence-electron chi connectivity index (χ4n) is 2.38. The lowest BCUT2D eigenvalue weighted by Crippen LogP contribution is -2.30. The summed E-state index contributed by atoms with van der Waals surface area (Å²) in [7, 11) is 0. The molecule has 3 heteroatoms. The summed E-state index contributed by atoms with van der Waals surface area (Å²) >= 11 is 0. The van der Waals surface area contributed by atoms with Crippen molar-refractivity contribution in [3.05, 3.63) is 18.3 Å². The van der Waals surface area contributed by atoms with Gasteiger partial charge in [0.2, 0.25) is 0 Å². The Morgan fingerprint density at radius 3 is 2.47 bits per heavy atom. The van der Waals surface area contributed by atoms with Crippen LogP contribution in [-0.4, -0.2) is 24.6 Å². The average Bonchev–Trinajstić information content (AvgIpc) is 2.39. The van der Waals surface area contributed by atoms with Crippen molar-refractivity contribution in [2.24, 2.45) is 5.41 Å². The molecule has 0 bridgehead atoms. The first-order valence-electron chi connectivity index (χ1n) is 7.49. The largest absolute Gasteiger partial charge is 0.384 e. The lowest BCUT2D eigenvalue weighted by molar-refractivity contribution is 0.390. The topological polar surface area (TPSA) is 28.2 Å². The van der Waals surface area contributed by atoms with E-state index in [9.17, 15) is 0 Å². The van der Waals surface area contributed by atoms with Gasteiger partial charge < -0.3 is 10.2 Å². The molecule has 0 atom stereocenters. The Labute approximate surface area is 117 Å². The number of aromatic nitrogens is 1. The molecular weight excluding hydrogens is 234 g/mol. The highest BCUT2D eigenvalue weighted by Crippen LogP contribution is 2.20. The number of rotatable bonds is 4. The Balaban J connectivity index is 1.84. The maximum atomic E-state index is 4.58. The highest BCUT2D eigenvalue weighted by molar-refractivity contribution is 5.48. The van der Waals surface area contributed by atoms with Gasteiger partial charge in [-0.3, -0.25) is 0 Å². The van der Waals surface area contributed by atoms with E-state index in [-0.39, 0.29) is 0 Å². The molecule has 0 spiro atoms. The SMILES string of the molecule is CC(C)(C)CCNc1ccc(N2CCCCC2)nc1. The number of hydrogen-bond acceptors (Lipinski definition) is 3. The highest BCUT2D eigenvalue weighted by Gasteiger charge is 2.12. The van der Waals surface area contributed by atoms with E-state index in [1.165, 1.54) is 25.7 Å². The van der Waals surface area contributed by atoms with Crippen molar-refractivity contribution in [2.75, 3.05) is 29.9 Å². The average molecular weight is 261 g/mol. The van der Waals surface area contributed by atoms with E-state index in [2.05, 4.69) is 48.1 Å². The third-order valence-corrected chi connectivity index (χ3v) is 3.63. The molecule has 1 aromatic rings. The monoisotopic (exact) mass is 261 g/mol. The zero-order valence-corrected chi connectivity index (χ0v) is 12.6. The molecule has 2 heterocycles. The van der Waals surface area contributed by atoms with Crippen LogP contribution >= 0.6 is 0 Å². The third kappa shape index (κ3) is 4.73. The summed E-state index contributed by atoms with van der Waals surface area (Å²) in [5, 5.41) is 3.45. The van der Waals surface area contributed by atoms with Crippen LogP contribution in [0.15, 0.2) is 18.3 Å². The minimum atomic E-state index is 0.383. The third-order valence-electron chi connectivity index (χ3n) is 3.63. The van der Waals surface area contributed by atoms with Crippen molar-refractivity contribution in [2.45, 2.75) is 46.5 Å². The van der Waals surface area contributed by atoms with Crippen LogP contribution in [0, 0.1) is 5.41 Å². The van der Waals surface area contributed by atoms with Crippen molar-refractivity contribution < 1.29 is 0 Å². The molecule has 0 aromatic carbocycles. The molecule has 0 radical (unpaired) electrons. The van der Waals surface area contributed by atoms with Crippen LogP contribution in [0.2, 0.25) is 0 Å². The number of nitrogens with one attached hydrogen (secondary N) is 1. The Hall–Kier alpha value is -1.25. The molecule has 1 aliphatic rings. The lowest BCUT2D eigenvalue weighted by atomic mass is 9.92. The smallest absolute Gasteiger partial charge is 0.128 e. The van der Waals surface area contributed by atoms with Gasteiger partial charge in [0.1, 0.15) is 5.82 Å². The van der Waals surface area contributed by atoms with Crippen molar-refractivity contribution in [1.29, 1.82) is 0 Å². The summed E-state index contributed by atoms with van der Waals surface area (Å²) in [4.78, 5) is 6.97. The zero-order valence-electron chi connectivity index (χ0n) is 12.6. The van der Waals surface area contributed by atoms with Gasteiger partial charge in [-0.2, -0.15) is 0 Å². The number of pyridine rings is 1. The minimum Gasteiger partial charge on any atom is -0.384 e. The number of nitrogens with zero attached hydrogens (tertiary/aromatic N) is 2. The molecule has 0 saturated carbocycles. The zero-order chi connectivity index (χ0) is 13.7. The summed E-state index contributed by atoms with van der Waals surface area (Å²) in [6, 6.07) is 4.30. The summed E-state index contributed by atoms with van der Waals surface area (Å²) < 4.78 is 0. The van der Waals surface area contributed by atoms with Crippen molar-refractivity contribution in [1.82, 2.24) is 4.98 Å². The van der Waals surface area contributed by atoms with E-state index in [1.54, 1.807) is 0 Å². The Morgan fingerprint density at radius 1 is 1.16 bits per heavy atom. The van der Waals surface area contributed by atoms with Crippen LogP contribution < -0.4 is 10.2 Å². The molecule has 1 saturated heterocycles. The fourth-order valence-corrected chi connectivity index (χ4v) is 2.38. The standard InChI is InChI=1S/C16H27N3/c1-16(2,3)9-10-17-14-7-8-15(18-13-14)19-11-5-4-6-12-19/h7-8,13,17H,4-6,9-12H2,1-3H3. The first-order valence-corrected chi connectivity index (χ1v) is 7.49. The van der Waals surface area contributed by atoms with Gasteiger partial charge in [0, 0.05) is 19.6 Å². The molecule has 0 unspecified atom stereocenters. The molecular formula is C16H27N3. The molecule has 2 rings (SSSR count). The summed E-state index contributed by atoms with van der Waals surface area (Å²) in [6.07, 6.45) is 7.09. The Bertz CT molecular complexity index is 372. The second kappa shape index (κ2) is 6.27. The predicted molar refractivity (Wildman–Crippen MR) is 82.9 cm³/mol. The van der Waals surface area contributed by atoms with E-state index in [0.717, 1.165) is 31.1 Å². The van der Waals surface area contributed by atoms with Gasteiger partial charge in [0.25, 0.3) is 0 Å². The first kappa shape index (κ1) is 14.2. The lowest BCUT2D eigenvalue weighted by Gasteiger charge is -2.27. The Morgan fingerprint density at radius 2 is 1.89 bits per heavy atom. The van der Waals surface area contributed by atoms with E-state index in [0.29, 0.717) is 5.41 Å². The normalized spacial score (nSPS) is 16.5. The van der Waals surface area contributed by atoms with Gasteiger partial charge in [-0.05, 0) is 43.2 Å². The van der Waals surface area contributed by atoms with Crippen LogP contribution in [0.25, 0.3) is 0 Å². The first-order chi connectivity index (χ1) is 9.04. The molecule has 1 aliphatic heterocycles. The van der Waals surface area contributed by atoms with Gasteiger partial charge in [0.15, 0.2) is 0 Å². The molecule has 1 aromatic heterocycles. The van der Waals surface area contributed by atoms with Crippen molar-refractivity contribution >= 4 is 11.5 Å². The van der Waals surface area contributed by atoms with Crippen LogP contribution in [0.4, 0.5) is 11.5 Å². The van der Waals surface area contributed by atoms with E-state index in [1.807, 2.05) is 6.20 Å². The second-order valence-electron chi connectivity index (χ2n) is 6.69. The minimum absolute atomic E-state index is 0.383. The van der Waals surface area contributed by atoms with Gasteiger partial charge in [-0.1, -0.05) is 20.8 Å². The number of piperidine rings is 1. The van der Waals surface area contributed by atoms with Crippen LogP contribution in [0.1, 0.15) is 46.5 Å².